The Kier molecular flexibility index (Phi) is 8.40. The van der Waals surface area contributed by atoms with Crippen molar-refractivity contribution in [2.75, 3.05) is 14.2 Å². The second-order valence-electron chi connectivity index (χ2n) is 9.63. The SMILES string of the molecule is COCc1nc(-c2nnn(C)c2COC(=O)N(C)C2CCCC2)ccc1O[C@H]1CCC[C@H](C(=O)O)C1. The van der Waals surface area contributed by atoms with Gasteiger partial charge in [0, 0.05) is 27.2 Å². The number of amides is 1. The summed E-state index contributed by atoms with van der Waals surface area (Å²) in [6, 6.07) is 3.81. The maximum Gasteiger partial charge on any atom is 0.410 e. The van der Waals surface area contributed by atoms with Gasteiger partial charge < -0.3 is 24.2 Å². The van der Waals surface area contributed by atoms with Gasteiger partial charge in [-0.1, -0.05) is 18.1 Å². The molecular formula is C25H35N5O6. The molecule has 0 aromatic carbocycles. The summed E-state index contributed by atoms with van der Waals surface area (Å²) in [4.78, 5) is 30.4. The minimum atomic E-state index is -0.779. The quantitative estimate of drug-likeness (QED) is 0.548. The molecule has 0 saturated heterocycles. The van der Waals surface area contributed by atoms with Crippen molar-refractivity contribution in [3.05, 3.63) is 23.5 Å². The van der Waals surface area contributed by atoms with Crippen molar-refractivity contribution >= 4 is 12.1 Å². The Bertz CT molecular complexity index is 1070. The zero-order valence-corrected chi connectivity index (χ0v) is 21.2. The highest BCUT2D eigenvalue weighted by molar-refractivity contribution is 5.70. The van der Waals surface area contributed by atoms with Crippen LogP contribution in [0, 0.1) is 5.92 Å². The monoisotopic (exact) mass is 501 g/mol. The number of aryl methyl sites for hydroxylation is 1. The number of hydrogen-bond donors (Lipinski definition) is 1. The average Bonchev–Trinajstić information content (AvgIpc) is 3.54. The van der Waals surface area contributed by atoms with Gasteiger partial charge in [-0.2, -0.15) is 0 Å². The number of aromatic nitrogens is 4. The van der Waals surface area contributed by atoms with Gasteiger partial charge in [-0.25, -0.2) is 14.5 Å². The summed E-state index contributed by atoms with van der Waals surface area (Å²) in [5, 5.41) is 17.8. The first-order chi connectivity index (χ1) is 17.4. The number of nitrogens with zero attached hydrogens (tertiary/aromatic N) is 5. The standard InChI is InChI=1S/C25H35N5O6/c1-29(17-8-4-5-9-17)25(33)35-15-21-23(27-28-30(21)2)19-11-12-22(20(26-19)14-34-3)36-18-10-6-7-16(13-18)24(31)32/h11-12,16-18H,4-10,13-15H2,1-3H3,(H,31,32)/t16-,18-/m0/s1. The summed E-state index contributed by atoms with van der Waals surface area (Å²) in [7, 11) is 5.10. The van der Waals surface area contributed by atoms with Crippen LogP contribution in [0.25, 0.3) is 11.4 Å². The van der Waals surface area contributed by atoms with Gasteiger partial charge in [-0.05, 0) is 50.7 Å². The number of pyridine rings is 1. The number of hydrogen-bond acceptors (Lipinski definition) is 8. The largest absolute Gasteiger partial charge is 0.488 e. The number of carboxylic acids is 1. The topological polar surface area (TPSA) is 129 Å². The van der Waals surface area contributed by atoms with Crippen molar-refractivity contribution in [2.45, 2.75) is 76.7 Å². The van der Waals surface area contributed by atoms with Gasteiger partial charge in [-0.15, -0.1) is 5.10 Å². The molecule has 0 bridgehead atoms. The van der Waals surface area contributed by atoms with Crippen LogP contribution in [0.4, 0.5) is 4.79 Å². The lowest BCUT2D eigenvalue weighted by Crippen LogP contribution is -2.35. The molecule has 2 aliphatic carbocycles. The number of rotatable bonds is 9. The number of ether oxygens (including phenoxy) is 3. The third kappa shape index (κ3) is 5.95. The van der Waals surface area contributed by atoms with Crippen molar-refractivity contribution < 1.29 is 28.9 Å². The van der Waals surface area contributed by atoms with E-state index in [1.165, 1.54) is 0 Å². The molecule has 36 heavy (non-hydrogen) atoms. The molecule has 11 heteroatoms. The normalized spacial score (nSPS) is 20.3. The Morgan fingerprint density at radius 3 is 2.64 bits per heavy atom. The van der Waals surface area contributed by atoms with Crippen LogP contribution in [0.2, 0.25) is 0 Å². The van der Waals surface area contributed by atoms with E-state index < -0.39 is 5.97 Å². The van der Waals surface area contributed by atoms with Crippen LogP contribution in [0.5, 0.6) is 5.75 Å². The molecule has 4 rings (SSSR count). The van der Waals surface area contributed by atoms with Gasteiger partial charge in [0.1, 0.15) is 29.4 Å². The summed E-state index contributed by atoms with van der Waals surface area (Å²) in [6.07, 6.45) is 6.47. The summed E-state index contributed by atoms with van der Waals surface area (Å²) >= 11 is 0. The molecule has 11 nitrogen and oxygen atoms in total. The Hall–Kier alpha value is -3.21. The van der Waals surface area contributed by atoms with E-state index in [1.54, 1.807) is 42.9 Å². The lowest BCUT2D eigenvalue weighted by Gasteiger charge is -2.28. The van der Waals surface area contributed by atoms with Gasteiger partial charge in [-0.3, -0.25) is 4.79 Å². The molecule has 0 radical (unpaired) electrons. The molecule has 2 saturated carbocycles. The molecule has 2 fully saturated rings. The van der Waals surface area contributed by atoms with Crippen LogP contribution < -0.4 is 4.74 Å². The van der Waals surface area contributed by atoms with Crippen molar-refractivity contribution in [1.29, 1.82) is 0 Å². The smallest absolute Gasteiger partial charge is 0.410 e. The first-order valence-corrected chi connectivity index (χ1v) is 12.5. The van der Waals surface area contributed by atoms with Gasteiger partial charge in [0.2, 0.25) is 0 Å². The molecule has 2 heterocycles. The van der Waals surface area contributed by atoms with E-state index >= 15 is 0 Å². The van der Waals surface area contributed by atoms with E-state index in [2.05, 4.69) is 10.3 Å². The summed E-state index contributed by atoms with van der Waals surface area (Å²) in [6.45, 7) is 0.238. The molecule has 0 spiro atoms. The Morgan fingerprint density at radius 2 is 1.92 bits per heavy atom. The van der Waals surface area contributed by atoms with Gasteiger partial charge in [0.05, 0.1) is 24.3 Å². The first-order valence-electron chi connectivity index (χ1n) is 12.5. The lowest BCUT2D eigenvalue weighted by molar-refractivity contribution is -0.143. The zero-order valence-electron chi connectivity index (χ0n) is 21.2. The number of carbonyl (C=O) groups excluding carboxylic acids is 1. The molecule has 2 aromatic heterocycles. The van der Waals surface area contributed by atoms with E-state index in [9.17, 15) is 14.7 Å². The minimum absolute atomic E-state index is 0.0208. The molecule has 2 aromatic rings. The van der Waals surface area contributed by atoms with Gasteiger partial charge in [0.15, 0.2) is 0 Å². The third-order valence-electron chi connectivity index (χ3n) is 7.16. The average molecular weight is 502 g/mol. The van der Waals surface area contributed by atoms with Crippen LogP contribution >= 0.6 is 0 Å². The molecule has 196 valence electrons. The predicted molar refractivity (Wildman–Crippen MR) is 129 cm³/mol. The van der Waals surface area contributed by atoms with Crippen molar-refractivity contribution in [3.63, 3.8) is 0 Å². The van der Waals surface area contributed by atoms with Crippen molar-refractivity contribution in [3.8, 4) is 17.1 Å². The molecule has 1 amide bonds. The molecular weight excluding hydrogens is 466 g/mol. The van der Waals surface area contributed by atoms with E-state index in [-0.39, 0.29) is 37.4 Å². The number of aliphatic carboxylic acids is 1. The van der Waals surface area contributed by atoms with Crippen LogP contribution in [0.3, 0.4) is 0 Å². The van der Waals surface area contributed by atoms with Crippen LogP contribution in [-0.2, 0) is 34.5 Å². The number of carbonyl (C=O) groups is 2. The number of methoxy groups -OCH3 is 1. The zero-order chi connectivity index (χ0) is 25.7. The fourth-order valence-electron chi connectivity index (χ4n) is 5.03. The molecule has 1 N–H and O–H groups in total. The highest BCUT2D eigenvalue weighted by Gasteiger charge is 2.29. The lowest BCUT2D eigenvalue weighted by atomic mass is 9.87. The summed E-state index contributed by atoms with van der Waals surface area (Å²) < 4.78 is 18.7. The second kappa shape index (κ2) is 11.7. The van der Waals surface area contributed by atoms with Crippen LogP contribution in [0.1, 0.15) is 62.8 Å². The molecule has 0 unspecified atom stereocenters. The summed E-state index contributed by atoms with van der Waals surface area (Å²) in [5.74, 6) is -0.606. The Morgan fingerprint density at radius 1 is 1.14 bits per heavy atom. The highest BCUT2D eigenvalue weighted by atomic mass is 16.6. The van der Waals surface area contributed by atoms with E-state index in [4.69, 9.17) is 19.2 Å². The maximum atomic E-state index is 12.6. The maximum absolute atomic E-state index is 12.6. The first kappa shape index (κ1) is 25.9. The predicted octanol–water partition coefficient (Wildman–Crippen LogP) is 3.56. The van der Waals surface area contributed by atoms with E-state index in [1.807, 2.05) is 0 Å². The van der Waals surface area contributed by atoms with Crippen LogP contribution in [0.15, 0.2) is 12.1 Å². The van der Waals surface area contributed by atoms with Crippen molar-refractivity contribution in [2.24, 2.45) is 13.0 Å². The van der Waals surface area contributed by atoms with E-state index in [0.717, 1.165) is 38.5 Å². The number of carboxylic acid groups (broad SMARTS) is 1. The molecule has 2 aliphatic rings. The second-order valence-corrected chi connectivity index (χ2v) is 9.63. The molecule has 0 aliphatic heterocycles. The van der Waals surface area contributed by atoms with Crippen molar-refractivity contribution in [1.82, 2.24) is 24.9 Å². The summed E-state index contributed by atoms with van der Waals surface area (Å²) in [5.41, 5.74) is 2.29. The third-order valence-corrected chi connectivity index (χ3v) is 7.16. The van der Waals surface area contributed by atoms with Crippen LogP contribution in [-0.4, -0.2) is 68.4 Å². The Balaban J connectivity index is 1.48. The molecule has 2 atom stereocenters. The Labute approximate surface area is 210 Å². The fourth-order valence-corrected chi connectivity index (χ4v) is 5.03. The fraction of sp³-hybridized carbons (Fsp3) is 0.640. The minimum Gasteiger partial charge on any atom is -0.488 e. The van der Waals surface area contributed by atoms with E-state index in [0.29, 0.717) is 41.4 Å². The van der Waals surface area contributed by atoms with Gasteiger partial charge in [0.25, 0.3) is 0 Å². The highest BCUT2D eigenvalue weighted by Crippen LogP contribution is 2.31. The van der Waals surface area contributed by atoms with Gasteiger partial charge >= 0.3 is 12.1 Å².